The Bertz CT molecular complexity index is 756. The highest BCUT2D eigenvalue weighted by Gasteiger charge is 2.24. The molecule has 4 nitrogen and oxygen atoms in total. The summed E-state index contributed by atoms with van der Waals surface area (Å²) in [6, 6.07) is 17.4. The summed E-state index contributed by atoms with van der Waals surface area (Å²) >= 11 is 5.90. The second kappa shape index (κ2) is 8.86. The van der Waals surface area contributed by atoms with E-state index in [2.05, 4.69) is 29.6 Å². The topological polar surface area (TPSA) is 49.4 Å². The Morgan fingerprint density at radius 1 is 1.04 bits per heavy atom. The van der Waals surface area contributed by atoms with E-state index in [1.54, 1.807) is 29.2 Å². The van der Waals surface area contributed by atoms with E-state index < -0.39 is 0 Å². The van der Waals surface area contributed by atoms with E-state index in [1.165, 1.54) is 5.56 Å². The molecule has 1 fully saturated rings. The molecule has 26 heavy (non-hydrogen) atoms. The maximum atomic E-state index is 12.4. The largest absolute Gasteiger partial charge is 0.342 e. The molecule has 2 amide bonds. The fraction of sp³-hybridized carbons (Fsp3) is 0.333. The van der Waals surface area contributed by atoms with Crippen LogP contribution in [0.25, 0.3) is 0 Å². The Morgan fingerprint density at radius 2 is 1.77 bits per heavy atom. The summed E-state index contributed by atoms with van der Waals surface area (Å²) in [5.74, 6) is 0.188. The van der Waals surface area contributed by atoms with Gasteiger partial charge in [-0.25, -0.2) is 0 Å². The van der Waals surface area contributed by atoms with Gasteiger partial charge in [-0.05, 0) is 48.9 Å². The van der Waals surface area contributed by atoms with Gasteiger partial charge in [0.2, 0.25) is 11.8 Å². The molecule has 2 aromatic rings. The molecule has 1 heterocycles. The molecule has 2 aromatic carbocycles. The number of nitrogens with zero attached hydrogens (tertiary/aromatic N) is 1. The molecule has 0 aliphatic carbocycles. The number of hydrogen-bond acceptors (Lipinski definition) is 2. The number of anilines is 1. The third-order valence-corrected chi connectivity index (χ3v) is 4.99. The van der Waals surface area contributed by atoms with Crippen molar-refractivity contribution in [1.29, 1.82) is 0 Å². The molecule has 1 aliphatic rings. The molecule has 0 unspecified atom stereocenters. The van der Waals surface area contributed by atoms with Crippen molar-refractivity contribution in [1.82, 2.24) is 4.90 Å². The number of halogens is 1. The zero-order chi connectivity index (χ0) is 18.4. The summed E-state index contributed by atoms with van der Waals surface area (Å²) in [5.41, 5.74) is 1.95. The lowest BCUT2D eigenvalue weighted by atomic mass is 9.90. The van der Waals surface area contributed by atoms with Crippen LogP contribution in [0, 0.1) is 5.92 Å². The van der Waals surface area contributed by atoms with Gasteiger partial charge in [0, 0.05) is 23.8 Å². The van der Waals surface area contributed by atoms with Crippen LogP contribution in [0.3, 0.4) is 0 Å². The van der Waals surface area contributed by atoms with Crippen LogP contribution < -0.4 is 5.32 Å². The van der Waals surface area contributed by atoms with E-state index in [0.717, 1.165) is 32.4 Å². The molecule has 0 atom stereocenters. The molecule has 136 valence electrons. The predicted octanol–water partition coefficient (Wildman–Crippen LogP) is 4.15. The number of carbonyl (C=O) groups excluding carboxylic acids is 2. The van der Waals surface area contributed by atoms with Crippen LogP contribution in [0.1, 0.15) is 24.8 Å². The summed E-state index contributed by atoms with van der Waals surface area (Å²) in [7, 11) is 0. The highest BCUT2D eigenvalue weighted by molar-refractivity contribution is 6.30. The number of nitrogens with one attached hydrogen (secondary N) is 1. The Balaban J connectivity index is 1.44. The van der Waals surface area contributed by atoms with Crippen LogP contribution in [0.5, 0.6) is 0 Å². The van der Waals surface area contributed by atoms with Crippen LogP contribution in [0.4, 0.5) is 5.69 Å². The minimum absolute atomic E-state index is 0.109. The predicted molar refractivity (Wildman–Crippen MR) is 104 cm³/mol. The van der Waals surface area contributed by atoms with Crippen LogP contribution in [-0.4, -0.2) is 29.8 Å². The first kappa shape index (κ1) is 18.5. The van der Waals surface area contributed by atoms with Crippen LogP contribution in [0.2, 0.25) is 5.02 Å². The smallest absolute Gasteiger partial charge is 0.233 e. The van der Waals surface area contributed by atoms with Gasteiger partial charge in [-0.1, -0.05) is 48.0 Å². The number of rotatable bonds is 5. The molecule has 1 N–H and O–H groups in total. The standard InChI is InChI=1S/C21H23ClN2O2/c22-18-7-4-8-19(14-18)23-20(25)15-21(26)24-11-9-17(10-12-24)13-16-5-2-1-3-6-16/h1-8,14,17H,9-13,15H2,(H,23,25). The van der Waals surface area contributed by atoms with Gasteiger partial charge in [0.05, 0.1) is 0 Å². The van der Waals surface area contributed by atoms with Gasteiger partial charge in [0.1, 0.15) is 6.42 Å². The quantitative estimate of drug-likeness (QED) is 0.804. The van der Waals surface area contributed by atoms with Crippen LogP contribution in [0.15, 0.2) is 54.6 Å². The van der Waals surface area contributed by atoms with Gasteiger partial charge in [0.15, 0.2) is 0 Å². The average molecular weight is 371 g/mol. The first-order chi connectivity index (χ1) is 12.6. The number of piperidine rings is 1. The van der Waals surface area contributed by atoms with Crippen molar-refractivity contribution in [2.75, 3.05) is 18.4 Å². The highest BCUT2D eigenvalue weighted by atomic mass is 35.5. The van der Waals surface area contributed by atoms with Crippen molar-refractivity contribution in [3.05, 3.63) is 65.2 Å². The molecule has 0 saturated carbocycles. The van der Waals surface area contributed by atoms with E-state index in [1.807, 2.05) is 6.07 Å². The minimum atomic E-state index is -0.302. The fourth-order valence-electron chi connectivity index (χ4n) is 3.35. The fourth-order valence-corrected chi connectivity index (χ4v) is 3.54. The van der Waals surface area contributed by atoms with Crippen molar-refractivity contribution < 1.29 is 9.59 Å². The molecule has 1 saturated heterocycles. The maximum absolute atomic E-state index is 12.4. The lowest BCUT2D eigenvalue weighted by Crippen LogP contribution is -2.40. The number of hydrogen-bond donors (Lipinski definition) is 1. The summed E-state index contributed by atoms with van der Waals surface area (Å²) in [5, 5.41) is 3.27. The van der Waals surface area contributed by atoms with Crippen molar-refractivity contribution >= 4 is 29.1 Å². The monoisotopic (exact) mass is 370 g/mol. The third-order valence-electron chi connectivity index (χ3n) is 4.75. The van der Waals surface area contributed by atoms with Crippen molar-refractivity contribution in [3.63, 3.8) is 0 Å². The molecular weight excluding hydrogens is 348 g/mol. The van der Waals surface area contributed by atoms with Crippen molar-refractivity contribution in [2.24, 2.45) is 5.92 Å². The Labute approximate surface area is 159 Å². The zero-order valence-electron chi connectivity index (χ0n) is 14.7. The van der Waals surface area contributed by atoms with Gasteiger partial charge >= 0.3 is 0 Å². The Morgan fingerprint density at radius 3 is 2.46 bits per heavy atom. The molecule has 0 radical (unpaired) electrons. The third kappa shape index (κ3) is 5.33. The summed E-state index contributed by atoms with van der Waals surface area (Å²) in [6.45, 7) is 1.45. The van der Waals surface area contributed by atoms with E-state index in [0.29, 0.717) is 16.6 Å². The summed E-state index contributed by atoms with van der Waals surface area (Å²) in [4.78, 5) is 26.3. The molecule has 0 spiro atoms. The molecule has 5 heteroatoms. The maximum Gasteiger partial charge on any atom is 0.233 e. The van der Waals surface area contributed by atoms with E-state index in [-0.39, 0.29) is 18.2 Å². The second-order valence-corrected chi connectivity index (χ2v) is 7.19. The van der Waals surface area contributed by atoms with Crippen molar-refractivity contribution in [3.8, 4) is 0 Å². The SMILES string of the molecule is O=C(CC(=O)N1CCC(Cc2ccccc2)CC1)Nc1cccc(Cl)c1. The molecule has 0 aromatic heterocycles. The minimum Gasteiger partial charge on any atom is -0.342 e. The summed E-state index contributed by atoms with van der Waals surface area (Å²) < 4.78 is 0. The zero-order valence-corrected chi connectivity index (χ0v) is 15.4. The molecule has 3 rings (SSSR count). The van der Waals surface area contributed by atoms with E-state index >= 15 is 0 Å². The second-order valence-electron chi connectivity index (χ2n) is 6.75. The van der Waals surface area contributed by atoms with Crippen LogP contribution >= 0.6 is 11.6 Å². The van der Waals surface area contributed by atoms with Crippen LogP contribution in [-0.2, 0) is 16.0 Å². The lowest BCUT2D eigenvalue weighted by Gasteiger charge is -2.32. The first-order valence-electron chi connectivity index (χ1n) is 8.97. The number of benzene rings is 2. The Kier molecular flexibility index (Phi) is 6.29. The number of amides is 2. The van der Waals surface area contributed by atoms with Gasteiger partial charge in [-0.2, -0.15) is 0 Å². The van der Waals surface area contributed by atoms with Gasteiger partial charge in [-0.15, -0.1) is 0 Å². The molecular formula is C21H23ClN2O2. The lowest BCUT2D eigenvalue weighted by molar-refractivity contribution is -0.135. The van der Waals surface area contributed by atoms with E-state index in [9.17, 15) is 9.59 Å². The van der Waals surface area contributed by atoms with E-state index in [4.69, 9.17) is 11.6 Å². The molecule has 1 aliphatic heterocycles. The first-order valence-corrected chi connectivity index (χ1v) is 9.35. The number of likely N-dealkylation sites (tertiary alicyclic amines) is 1. The van der Waals surface area contributed by atoms with Gasteiger partial charge in [-0.3, -0.25) is 9.59 Å². The van der Waals surface area contributed by atoms with Gasteiger partial charge in [0.25, 0.3) is 0 Å². The Hall–Kier alpha value is -2.33. The van der Waals surface area contributed by atoms with Gasteiger partial charge < -0.3 is 10.2 Å². The summed E-state index contributed by atoms with van der Waals surface area (Å²) in [6.07, 6.45) is 2.89. The van der Waals surface area contributed by atoms with Crippen molar-refractivity contribution in [2.45, 2.75) is 25.7 Å². The molecule has 0 bridgehead atoms. The normalized spacial score (nSPS) is 14.9. The highest BCUT2D eigenvalue weighted by Crippen LogP contribution is 2.22. The number of carbonyl (C=O) groups is 2. The average Bonchev–Trinajstić information content (AvgIpc) is 2.63.